The summed E-state index contributed by atoms with van der Waals surface area (Å²) in [5.74, 6) is 0.751. The highest BCUT2D eigenvalue weighted by atomic mass is 16.5. The summed E-state index contributed by atoms with van der Waals surface area (Å²) < 4.78 is 5.96. The number of aromatic nitrogens is 2. The molecule has 2 aromatic heterocycles. The highest BCUT2D eigenvalue weighted by molar-refractivity contribution is 6.58. The SMILES string of the molecule is OB(O)c1ccc(N=Nc2ccc(OCCN(Cc3ccccn3)Cc3ccccn3)cc2)cc1. The Hall–Kier alpha value is -3.92. The summed E-state index contributed by atoms with van der Waals surface area (Å²) in [6.45, 7) is 2.65. The first-order valence-corrected chi connectivity index (χ1v) is 11.3. The van der Waals surface area contributed by atoms with Gasteiger partial charge in [0.25, 0.3) is 0 Å². The maximum absolute atomic E-state index is 9.15. The van der Waals surface area contributed by atoms with Crippen LogP contribution in [0, 0.1) is 0 Å². The Labute approximate surface area is 204 Å². The van der Waals surface area contributed by atoms with E-state index in [1.54, 1.807) is 36.7 Å². The largest absolute Gasteiger partial charge is 0.492 e. The van der Waals surface area contributed by atoms with Crippen molar-refractivity contribution in [3.05, 3.63) is 109 Å². The maximum atomic E-state index is 9.15. The zero-order valence-electron chi connectivity index (χ0n) is 19.2. The topological polar surface area (TPSA) is 103 Å². The van der Waals surface area contributed by atoms with Crippen molar-refractivity contribution in [3.63, 3.8) is 0 Å². The molecule has 0 aliphatic rings. The summed E-state index contributed by atoms with van der Waals surface area (Å²) in [7, 11) is -1.49. The van der Waals surface area contributed by atoms with E-state index in [2.05, 4.69) is 25.1 Å². The lowest BCUT2D eigenvalue weighted by Crippen LogP contribution is -2.29. The lowest BCUT2D eigenvalue weighted by Gasteiger charge is -2.21. The van der Waals surface area contributed by atoms with Crippen molar-refractivity contribution in [2.24, 2.45) is 10.2 Å². The summed E-state index contributed by atoms with van der Waals surface area (Å²) in [5, 5.41) is 26.7. The molecule has 0 amide bonds. The van der Waals surface area contributed by atoms with Crippen LogP contribution in [-0.4, -0.2) is 45.2 Å². The highest BCUT2D eigenvalue weighted by Crippen LogP contribution is 2.21. The molecule has 0 unspecified atom stereocenters. The minimum atomic E-state index is -1.49. The van der Waals surface area contributed by atoms with Crippen LogP contribution in [0.2, 0.25) is 0 Å². The smallest absolute Gasteiger partial charge is 0.488 e. The predicted octanol–water partition coefficient (Wildman–Crippen LogP) is 3.65. The van der Waals surface area contributed by atoms with Crippen molar-refractivity contribution in [3.8, 4) is 5.75 Å². The van der Waals surface area contributed by atoms with E-state index >= 15 is 0 Å². The van der Waals surface area contributed by atoms with Crippen LogP contribution in [0.4, 0.5) is 11.4 Å². The maximum Gasteiger partial charge on any atom is 0.488 e. The molecule has 0 saturated carbocycles. The Balaban J connectivity index is 1.30. The standard InChI is InChI=1S/C26H26BN5O3/c33-27(34)21-7-9-22(10-8-21)30-31-23-11-13-26(14-12-23)35-18-17-32(19-24-5-1-3-15-28-24)20-25-6-2-4-16-29-25/h1-16,33-34H,17-20H2. The molecule has 0 fully saturated rings. The van der Waals surface area contributed by atoms with Crippen LogP contribution in [0.5, 0.6) is 5.75 Å². The molecule has 0 radical (unpaired) electrons. The molecule has 0 saturated heterocycles. The first-order chi connectivity index (χ1) is 17.2. The number of azo groups is 1. The third kappa shape index (κ3) is 7.82. The quantitative estimate of drug-likeness (QED) is 0.258. The van der Waals surface area contributed by atoms with E-state index < -0.39 is 7.12 Å². The Morgan fingerprint density at radius 1 is 0.714 bits per heavy atom. The van der Waals surface area contributed by atoms with Crippen LogP contribution in [0.3, 0.4) is 0 Å². The second-order valence-electron chi connectivity index (χ2n) is 7.86. The van der Waals surface area contributed by atoms with Gasteiger partial charge in [-0.15, -0.1) is 0 Å². The first kappa shape index (κ1) is 24.2. The van der Waals surface area contributed by atoms with Gasteiger partial charge in [0.2, 0.25) is 0 Å². The zero-order valence-corrected chi connectivity index (χ0v) is 19.2. The first-order valence-electron chi connectivity index (χ1n) is 11.3. The molecule has 0 aliphatic heterocycles. The molecule has 0 atom stereocenters. The molecule has 4 rings (SSSR count). The summed E-state index contributed by atoms with van der Waals surface area (Å²) in [5.41, 5.74) is 3.72. The fourth-order valence-corrected chi connectivity index (χ4v) is 3.39. The van der Waals surface area contributed by atoms with Crippen molar-refractivity contribution in [1.29, 1.82) is 0 Å². The van der Waals surface area contributed by atoms with Crippen molar-refractivity contribution >= 4 is 24.0 Å². The van der Waals surface area contributed by atoms with Gasteiger partial charge in [0, 0.05) is 32.0 Å². The van der Waals surface area contributed by atoms with Gasteiger partial charge in [-0.1, -0.05) is 24.3 Å². The lowest BCUT2D eigenvalue weighted by molar-refractivity contribution is 0.193. The molecule has 2 N–H and O–H groups in total. The second-order valence-corrected chi connectivity index (χ2v) is 7.86. The number of hydrogen-bond donors (Lipinski definition) is 2. The molecule has 0 bridgehead atoms. The van der Waals surface area contributed by atoms with Gasteiger partial charge in [-0.2, -0.15) is 10.2 Å². The van der Waals surface area contributed by atoms with Crippen LogP contribution in [0.1, 0.15) is 11.4 Å². The van der Waals surface area contributed by atoms with Crippen LogP contribution in [0.15, 0.2) is 108 Å². The van der Waals surface area contributed by atoms with Crippen LogP contribution in [-0.2, 0) is 13.1 Å². The molecule has 35 heavy (non-hydrogen) atoms. The van der Waals surface area contributed by atoms with Gasteiger partial charge in [-0.05, 0) is 66.1 Å². The van der Waals surface area contributed by atoms with Crippen LogP contribution in [0.25, 0.3) is 0 Å². The van der Waals surface area contributed by atoms with Crippen molar-refractivity contribution in [2.45, 2.75) is 13.1 Å². The molecule has 8 nitrogen and oxygen atoms in total. The van der Waals surface area contributed by atoms with Crippen molar-refractivity contribution < 1.29 is 14.8 Å². The minimum Gasteiger partial charge on any atom is -0.492 e. The van der Waals surface area contributed by atoms with E-state index in [1.807, 2.05) is 60.7 Å². The van der Waals surface area contributed by atoms with Crippen LogP contribution < -0.4 is 10.2 Å². The zero-order chi connectivity index (χ0) is 24.3. The van der Waals surface area contributed by atoms with Crippen molar-refractivity contribution in [1.82, 2.24) is 14.9 Å². The monoisotopic (exact) mass is 467 g/mol. The van der Waals surface area contributed by atoms with Crippen LogP contribution >= 0.6 is 0 Å². The molecule has 4 aromatic rings. The van der Waals surface area contributed by atoms with E-state index in [4.69, 9.17) is 14.8 Å². The Kier molecular flexibility index (Phi) is 8.66. The Morgan fingerprint density at radius 3 is 1.74 bits per heavy atom. The van der Waals surface area contributed by atoms with Crippen molar-refractivity contribution in [2.75, 3.05) is 13.2 Å². The molecule has 2 heterocycles. The predicted molar refractivity (Wildman–Crippen MR) is 135 cm³/mol. The third-order valence-corrected chi connectivity index (χ3v) is 5.21. The van der Waals surface area contributed by atoms with E-state index in [-0.39, 0.29) is 0 Å². The minimum absolute atomic E-state index is 0.407. The molecule has 9 heteroatoms. The summed E-state index contributed by atoms with van der Waals surface area (Å²) in [4.78, 5) is 11.1. The number of benzene rings is 2. The normalized spacial score (nSPS) is 11.2. The number of hydrogen-bond acceptors (Lipinski definition) is 8. The molecule has 0 aliphatic carbocycles. The van der Waals surface area contributed by atoms with Gasteiger partial charge < -0.3 is 14.8 Å². The van der Waals surface area contributed by atoms with E-state index in [0.717, 1.165) is 17.1 Å². The molecule has 0 spiro atoms. The number of pyridine rings is 2. The molecule has 2 aromatic carbocycles. The van der Waals surface area contributed by atoms with E-state index in [1.165, 1.54) is 0 Å². The number of rotatable bonds is 11. The fraction of sp³-hybridized carbons (Fsp3) is 0.154. The Bertz CT molecular complexity index is 1150. The molecular formula is C26H26BN5O3. The highest BCUT2D eigenvalue weighted by Gasteiger charge is 2.10. The van der Waals surface area contributed by atoms with Gasteiger partial charge in [-0.3, -0.25) is 14.9 Å². The summed E-state index contributed by atoms with van der Waals surface area (Å²) in [6.07, 6.45) is 3.61. The third-order valence-electron chi connectivity index (χ3n) is 5.21. The van der Waals surface area contributed by atoms with Gasteiger partial charge in [-0.25, -0.2) is 0 Å². The average molecular weight is 467 g/mol. The van der Waals surface area contributed by atoms with Gasteiger partial charge >= 0.3 is 7.12 Å². The fourth-order valence-electron chi connectivity index (χ4n) is 3.39. The molecular weight excluding hydrogens is 441 g/mol. The lowest BCUT2D eigenvalue weighted by atomic mass is 9.80. The van der Waals surface area contributed by atoms with E-state index in [9.17, 15) is 0 Å². The molecule has 176 valence electrons. The summed E-state index contributed by atoms with van der Waals surface area (Å²) in [6, 6.07) is 25.8. The summed E-state index contributed by atoms with van der Waals surface area (Å²) >= 11 is 0. The Morgan fingerprint density at radius 2 is 1.26 bits per heavy atom. The number of ether oxygens (including phenoxy) is 1. The van der Waals surface area contributed by atoms with E-state index in [0.29, 0.717) is 43.1 Å². The van der Waals surface area contributed by atoms with Gasteiger partial charge in [0.15, 0.2) is 0 Å². The second kappa shape index (κ2) is 12.5. The van der Waals surface area contributed by atoms with Gasteiger partial charge in [0.05, 0.1) is 22.8 Å². The average Bonchev–Trinajstić information content (AvgIpc) is 2.89. The number of nitrogens with zero attached hydrogens (tertiary/aromatic N) is 5. The van der Waals surface area contributed by atoms with Gasteiger partial charge in [0.1, 0.15) is 12.4 Å².